The fourth-order valence-electron chi connectivity index (χ4n) is 1.92. The molecule has 0 radical (unpaired) electrons. The monoisotopic (exact) mass is 272 g/mol. The normalized spacial score (nSPS) is 31.0. The van der Waals surface area contributed by atoms with Crippen molar-refractivity contribution in [2.24, 2.45) is 5.41 Å². The summed E-state index contributed by atoms with van der Waals surface area (Å²) < 4.78 is 26.6. The van der Waals surface area contributed by atoms with E-state index < -0.39 is 13.9 Å². The van der Waals surface area contributed by atoms with Crippen LogP contribution in [0.4, 0.5) is 0 Å². The van der Waals surface area contributed by atoms with Crippen molar-refractivity contribution in [3.05, 3.63) is 29.8 Å². The van der Waals surface area contributed by atoms with Crippen LogP contribution in [-0.2, 0) is 13.6 Å². The molecular formula is C12H17O5P. The predicted molar refractivity (Wildman–Crippen MR) is 66.4 cm³/mol. The van der Waals surface area contributed by atoms with E-state index in [1.165, 1.54) is 0 Å². The van der Waals surface area contributed by atoms with Crippen LogP contribution in [-0.4, -0.2) is 18.6 Å². The van der Waals surface area contributed by atoms with Gasteiger partial charge in [-0.3, -0.25) is 9.05 Å². The Morgan fingerprint density at radius 2 is 2.00 bits per heavy atom. The largest absolute Gasteiger partial charge is 0.497 e. The Hall–Kier alpha value is -0.870. The Kier molecular flexibility index (Phi) is 3.52. The summed E-state index contributed by atoms with van der Waals surface area (Å²) in [7, 11) is -2.35. The minimum Gasteiger partial charge on any atom is -0.497 e. The van der Waals surface area contributed by atoms with Crippen molar-refractivity contribution in [2.75, 3.05) is 13.7 Å². The second-order valence-corrected chi connectivity index (χ2v) is 6.40. The Bertz CT molecular complexity index is 468. The molecule has 1 N–H and O–H groups in total. The first-order valence-electron chi connectivity index (χ1n) is 5.64. The van der Waals surface area contributed by atoms with Crippen molar-refractivity contribution in [3.63, 3.8) is 0 Å². The molecule has 1 unspecified atom stereocenters. The van der Waals surface area contributed by atoms with Crippen LogP contribution in [0.1, 0.15) is 25.5 Å². The van der Waals surface area contributed by atoms with E-state index in [4.69, 9.17) is 13.8 Å². The number of phosphoric acid groups is 1. The quantitative estimate of drug-likeness (QED) is 0.838. The molecule has 2 rings (SSSR count). The van der Waals surface area contributed by atoms with Gasteiger partial charge in [-0.05, 0) is 17.7 Å². The van der Waals surface area contributed by atoms with E-state index in [9.17, 15) is 9.46 Å². The van der Waals surface area contributed by atoms with Crippen LogP contribution in [0, 0.1) is 5.41 Å². The molecule has 1 aromatic rings. The fourth-order valence-corrected chi connectivity index (χ4v) is 3.15. The molecule has 1 aliphatic rings. The Labute approximate surface area is 106 Å². The molecule has 1 heterocycles. The van der Waals surface area contributed by atoms with Crippen LogP contribution in [0.3, 0.4) is 0 Å². The molecule has 0 saturated carbocycles. The van der Waals surface area contributed by atoms with Crippen LogP contribution in [0.2, 0.25) is 0 Å². The van der Waals surface area contributed by atoms with Crippen molar-refractivity contribution in [2.45, 2.75) is 20.0 Å². The minimum absolute atomic E-state index is 0.178. The molecule has 0 amide bonds. The Morgan fingerprint density at radius 3 is 2.56 bits per heavy atom. The van der Waals surface area contributed by atoms with Crippen molar-refractivity contribution in [3.8, 4) is 5.75 Å². The molecule has 0 aromatic heterocycles. The van der Waals surface area contributed by atoms with E-state index >= 15 is 0 Å². The first-order chi connectivity index (χ1) is 8.34. The van der Waals surface area contributed by atoms with Crippen LogP contribution in [0.25, 0.3) is 0 Å². The van der Waals surface area contributed by atoms with Crippen molar-refractivity contribution in [1.82, 2.24) is 0 Å². The molecule has 18 heavy (non-hydrogen) atoms. The van der Waals surface area contributed by atoms with E-state index in [-0.39, 0.29) is 12.0 Å². The number of methoxy groups -OCH3 is 1. The van der Waals surface area contributed by atoms with Crippen LogP contribution < -0.4 is 4.74 Å². The second kappa shape index (κ2) is 4.67. The second-order valence-electron chi connectivity index (χ2n) is 4.99. The summed E-state index contributed by atoms with van der Waals surface area (Å²) in [5.74, 6) is 0.732. The zero-order valence-corrected chi connectivity index (χ0v) is 11.5. The standard InChI is InChI=1S/C12H17O5P/c1-12(2)8-16-18(13,14)17-11(12)9-4-6-10(15-3)7-5-9/h4-7,11H,8H2,1-3H3,(H,13,14)/t11-/m0/s1. The van der Waals surface area contributed by atoms with Crippen molar-refractivity contribution >= 4 is 7.82 Å². The van der Waals surface area contributed by atoms with Crippen molar-refractivity contribution < 1.29 is 23.2 Å². The molecule has 0 bridgehead atoms. The van der Waals surface area contributed by atoms with Gasteiger partial charge in [0.2, 0.25) is 0 Å². The van der Waals surface area contributed by atoms with Gasteiger partial charge in [-0.25, -0.2) is 4.57 Å². The van der Waals surface area contributed by atoms with Gasteiger partial charge in [0.15, 0.2) is 0 Å². The maximum atomic E-state index is 11.5. The minimum atomic E-state index is -3.94. The topological polar surface area (TPSA) is 65.0 Å². The molecule has 1 aliphatic heterocycles. The highest BCUT2D eigenvalue weighted by molar-refractivity contribution is 7.47. The third kappa shape index (κ3) is 2.75. The Morgan fingerprint density at radius 1 is 1.39 bits per heavy atom. The Balaban J connectivity index is 2.30. The van der Waals surface area contributed by atoms with Gasteiger partial charge in [-0.15, -0.1) is 0 Å². The summed E-state index contributed by atoms with van der Waals surface area (Å²) in [6.45, 7) is 4.04. The smallest absolute Gasteiger partial charge is 0.472 e. The number of hydrogen-bond donors (Lipinski definition) is 1. The molecule has 1 fully saturated rings. The summed E-state index contributed by atoms with van der Waals surface area (Å²) in [5.41, 5.74) is 0.462. The maximum Gasteiger partial charge on any atom is 0.472 e. The molecule has 100 valence electrons. The number of phosphoric ester groups is 1. The fraction of sp³-hybridized carbons (Fsp3) is 0.500. The number of hydrogen-bond acceptors (Lipinski definition) is 4. The van der Waals surface area contributed by atoms with E-state index in [2.05, 4.69) is 0 Å². The highest BCUT2D eigenvalue weighted by Gasteiger charge is 2.44. The SMILES string of the molecule is COc1ccc([C@@H]2OP(=O)(O)OCC2(C)C)cc1. The van der Waals surface area contributed by atoms with E-state index in [0.29, 0.717) is 0 Å². The molecule has 0 spiro atoms. The summed E-state index contributed by atoms with van der Waals surface area (Å²) in [4.78, 5) is 9.43. The lowest BCUT2D eigenvalue weighted by molar-refractivity contribution is -0.0472. The summed E-state index contributed by atoms with van der Waals surface area (Å²) in [6.07, 6.45) is -0.479. The number of benzene rings is 1. The zero-order chi connectivity index (χ0) is 13.4. The average molecular weight is 272 g/mol. The van der Waals surface area contributed by atoms with Gasteiger partial charge < -0.3 is 9.63 Å². The van der Waals surface area contributed by atoms with Gasteiger partial charge in [-0.2, -0.15) is 0 Å². The van der Waals surface area contributed by atoms with Gasteiger partial charge >= 0.3 is 7.82 Å². The third-order valence-corrected chi connectivity index (χ3v) is 3.90. The highest BCUT2D eigenvalue weighted by Crippen LogP contribution is 2.58. The lowest BCUT2D eigenvalue weighted by Gasteiger charge is -2.39. The molecule has 6 heteroatoms. The molecule has 2 atom stereocenters. The molecule has 0 aliphatic carbocycles. The van der Waals surface area contributed by atoms with Crippen LogP contribution in [0.5, 0.6) is 5.75 Å². The van der Waals surface area contributed by atoms with E-state index in [0.717, 1.165) is 11.3 Å². The lowest BCUT2D eigenvalue weighted by Crippen LogP contribution is -2.33. The molecule has 5 nitrogen and oxygen atoms in total. The summed E-state index contributed by atoms with van der Waals surface area (Å²) >= 11 is 0. The zero-order valence-electron chi connectivity index (χ0n) is 10.6. The molecule has 1 saturated heterocycles. The van der Waals surface area contributed by atoms with Crippen LogP contribution >= 0.6 is 7.82 Å². The van der Waals surface area contributed by atoms with E-state index in [1.54, 1.807) is 19.2 Å². The summed E-state index contributed by atoms with van der Waals surface area (Å²) in [5, 5.41) is 0. The van der Waals surface area contributed by atoms with Gasteiger partial charge in [0.25, 0.3) is 0 Å². The van der Waals surface area contributed by atoms with E-state index in [1.807, 2.05) is 26.0 Å². The summed E-state index contributed by atoms with van der Waals surface area (Å²) in [6, 6.07) is 7.26. The third-order valence-electron chi connectivity index (χ3n) is 2.97. The molecular weight excluding hydrogens is 255 g/mol. The molecule has 1 aromatic carbocycles. The van der Waals surface area contributed by atoms with Gasteiger partial charge in [0, 0.05) is 5.41 Å². The van der Waals surface area contributed by atoms with Gasteiger partial charge in [0.05, 0.1) is 13.7 Å². The number of rotatable bonds is 2. The van der Waals surface area contributed by atoms with Gasteiger partial charge in [0.1, 0.15) is 11.9 Å². The lowest BCUT2D eigenvalue weighted by atomic mass is 9.83. The average Bonchev–Trinajstić information content (AvgIpc) is 2.33. The number of ether oxygens (including phenoxy) is 1. The highest BCUT2D eigenvalue weighted by atomic mass is 31.2. The van der Waals surface area contributed by atoms with Crippen LogP contribution in [0.15, 0.2) is 24.3 Å². The van der Waals surface area contributed by atoms with Gasteiger partial charge in [-0.1, -0.05) is 26.0 Å². The predicted octanol–water partition coefficient (Wildman–Crippen LogP) is 2.91. The maximum absolute atomic E-state index is 11.5. The first-order valence-corrected chi connectivity index (χ1v) is 7.13. The van der Waals surface area contributed by atoms with Crippen molar-refractivity contribution in [1.29, 1.82) is 0 Å². The first kappa shape index (κ1) is 13.6.